The van der Waals surface area contributed by atoms with Gasteiger partial charge in [0.05, 0.1) is 12.6 Å². The van der Waals surface area contributed by atoms with Crippen LogP contribution in [-0.4, -0.2) is 52.1 Å². The molecular formula is C13H22N2O3S2. The first-order chi connectivity index (χ1) is 9.55. The molecule has 2 heterocycles. The Morgan fingerprint density at radius 2 is 2.30 bits per heavy atom. The van der Waals surface area contributed by atoms with Gasteiger partial charge in [-0.3, -0.25) is 0 Å². The first kappa shape index (κ1) is 15.9. The number of nitrogens with one attached hydrogen (secondary N) is 1. The van der Waals surface area contributed by atoms with Crippen LogP contribution in [0, 0.1) is 0 Å². The predicted octanol–water partition coefficient (Wildman–Crippen LogP) is 1.31. The van der Waals surface area contributed by atoms with Crippen molar-refractivity contribution in [2.24, 2.45) is 0 Å². The lowest BCUT2D eigenvalue weighted by molar-refractivity contribution is 0.181. The predicted molar refractivity (Wildman–Crippen MR) is 80.7 cm³/mol. The van der Waals surface area contributed by atoms with Gasteiger partial charge in [0.2, 0.25) is 0 Å². The van der Waals surface area contributed by atoms with E-state index in [9.17, 15) is 8.42 Å². The molecule has 0 aliphatic carbocycles. The molecule has 1 aromatic rings. The minimum atomic E-state index is -3.38. The number of nitrogens with zero attached hydrogens (tertiary/aromatic N) is 1. The molecule has 114 valence electrons. The van der Waals surface area contributed by atoms with Crippen LogP contribution in [0.4, 0.5) is 0 Å². The fourth-order valence-corrected chi connectivity index (χ4v) is 5.08. The van der Waals surface area contributed by atoms with Crippen LogP contribution in [-0.2, 0) is 21.2 Å². The van der Waals surface area contributed by atoms with Gasteiger partial charge in [-0.15, -0.1) is 11.3 Å². The second kappa shape index (κ2) is 7.00. The standard InChI is InChI=1S/C13H22N2O3S2/c1-3-14-8-6-12-4-5-13(19-12)20(16,17)15(2)11-7-9-18-10-11/h4-5,11,14H,3,6-10H2,1-2H3. The van der Waals surface area contributed by atoms with Gasteiger partial charge in [0.15, 0.2) is 0 Å². The lowest BCUT2D eigenvalue weighted by Crippen LogP contribution is -2.36. The van der Waals surface area contributed by atoms with Gasteiger partial charge in [-0.05, 0) is 38.1 Å². The fraction of sp³-hybridized carbons (Fsp3) is 0.692. The smallest absolute Gasteiger partial charge is 0.252 e. The number of ether oxygens (including phenoxy) is 1. The summed E-state index contributed by atoms with van der Waals surface area (Å²) in [7, 11) is -1.74. The Balaban J connectivity index is 2.05. The maximum Gasteiger partial charge on any atom is 0.252 e. The zero-order valence-electron chi connectivity index (χ0n) is 12.0. The number of thiophene rings is 1. The number of hydrogen-bond acceptors (Lipinski definition) is 5. The van der Waals surface area contributed by atoms with Crippen LogP contribution in [0.1, 0.15) is 18.2 Å². The Kier molecular flexibility index (Phi) is 5.57. The normalized spacial score (nSPS) is 19.9. The van der Waals surface area contributed by atoms with Gasteiger partial charge in [-0.25, -0.2) is 8.42 Å². The lowest BCUT2D eigenvalue weighted by atomic mass is 10.3. The monoisotopic (exact) mass is 318 g/mol. The summed E-state index contributed by atoms with van der Waals surface area (Å²) in [5.41, 5.74) is 0. The van der Waals surface area contributed by atoms with Crippen LogP contribution >= 0.6 is 11.3 Å². The van der Waals surface area contributed by atoms with E-state index in [0.29, 0.717) is 17.4 Å². The zero-order chi connectivity index (χ0) is 14.6. The maximum absolute atomic E-state index is 12.5. The van der Waals surface area contributed by atoms with E-state index in [1.54, 1.807) is 13.1 Å². The highest BCUT2D eigenvalue weighted by Gasteiger charge is 2.31. The number of rotatable bonds is 7. The summed E-state index contributed by atoms with van der Waals surface area (Å²) in [6, 6.07) is 3.59. The largest absolute Gasteiger partial charge is 0.380 e. The van der Waals surface area contributed by atoms with Crippen LogP contribution in [0.3, 0.4) is 0 Å². The van der Waals surface area contributed by atoms with Gasteiger partial charge in [-0.2, -0.15) is 4.31 Å². The van der Waals surface area contributed by atoms with E-state index in [0.717, 1.165) is 30.8 Å². The fourth-order valence-electron chi connectivity index (χ4n) is 2.17. The molecule has 1 unspecified atom stereocenters. The first-order valence-electron chi connectivity index (χ1n) is 6.91. The van der Waals surface area contributed by atoms with Crippen LogP contribution in [0.5, 0.6) is 0 Å². The summed E-state index contributed by atoms with van der Waals surface area (Å²) in [4.78, 5) is 1.10. The average molecular weight is 318 g/mol. The summed E-state index contributed by atoms with van der Waals surface area (Å²) in [5.74, 6) is 0. The third kappa shape index (κ3) is 3.59. The topological polar surface area (TPSA) is 58.6 Å². The number of likely N-dealkylation sites (N-methyl/N-ethyl adjacent to an activating group) is 2. The van der Waals surface area contributed by atoms with Crippen molar-refractivity contribution in [1.82, 2.24) is 9.62 Å². The molecule has 1 aliphatic rings. The minimum absolute atomic E-state index is 0.0349. The van der Waals surface area contributed by atoms with Crippen molar-refractivity contribution < 1.29 is 13.2 Å². The van der Waals surface area contributed by atoms with E-state index in [4.69, 9.17) is 4.74 Å². The molecule has 0 spiro atoms. The summed E-state index contributed by atoms with van der Waals surface area (Å²) >= 11 is 1.37. The van der Waals surface area contributed by atoms with E-state index >= 15 is 0 Å². The Labute approximate surface area is 125 Å². The molecule has 1 atom stereocenters. The minimum Gasteiger partial charge on any atom is -0.380 e. The first-order valence-corrected chi connectivity index (χ1v) is 9.16. The Bertz CT molecular complexity index is 521. The molecule has 0 bridgehead atoms. The Hall–Kier alpha value is -0.470. The summed E-state index contributed by atoms with van der Waals surface area (Å²) < 4.78 is 32.2. The quantitative estimate of drug-likeness (QED) is 0.770. The third-order valence-electron chi connectivity index (χ3n) is 3.49. The van der Waals surface area contributed by atoms with Crippen molar-refractivity contribution in [2.45, 2.75) is 30.0 Å². The van der Waals surface area contributed by atoms with Crippen LogP contribution in [0.25, 0.3) is 0 Å². The van der Waals surface area contributed by atoms with Crippen molar-refractivity contribution in [3.63, 3.8) is 0 Å². The second-order valence-corrected chi connectivity index (χ2v) is 8.26. The Morgan fingerprint density at radius 1 is 1.50 bits per heavy atom. The molecule has 0 aromatic carbocycles. The summed E-state index contributed by atoms with van der Waals surface area (Å²) in [6.07, 6.45) is 1.64. The molecule has 20 heavy (non-hydrogen) atoms. The Morgan fingerprint density at radius 3 is 2.95 bits per heavy atom. The molecule has 1 aliphatic heterocycles. The van der Waals surface area contributed by atoms with Crippen molar-refractivity contribution in [3.8, 4) is 0 Å². The number of hydrogen-bond donors (Lipinski definition) is 1. The van der Waals surface area contributed by atoms with E-state index in [1.165, 1.54) is 15.6 Å². The van der Waals surface area contributed by atoms with Crippen LogP contribution in [0.15, 0.2) is 16.3 Å². The molecule has 7 heteroatoms. The molecule has 1 N–H and O–H groups in total. The van der Waals surface area contributed by atoms with Gasteiger partial charge >= 0.3 is 0 Å². The van der Waals surface area contributed by atoms with Crippen molar-refractivity contribution in [1.29, 1.82) is 0 Å². The molecule has 2 rings (SSSR count). The van der Waals surface area contributed by atoms with Crippen LogP contribution in [0.2, 0.25) is 0 Å². The number of sulfonamides is 1. The highest BCUT2D eigenvalue weighted by Crippen LogP contribution is 2.27. The summed E-state index contributed by atoms with van der Waals surface area (Å²) in [5, 5.41) is 3.24. The maximum atomic E-state index is 12.5. The molecule has 5 nitrogen and oxygen atoms in total. The molecule has 0 amide bonds. The highest BCUT2D eigenvalue weighted by atomic mass is 32.2. The lowest BCUT2D eigenvalue weighted by Gasteiger charge is -2.21. The van der Waals surface area contributed by atoms with Crippen molar-refractivity contribution in [2.75, 3.05) is 33.4 Å². The van der Waals surface area contributed by atoms with E-state index in [1.807, 2.05) is 6.07 Å². The summed E-state index contributed by atoms with van der Waals surface area (Å²) in [6.45, 7) is 5.00. The molecule has 1 saturated heterocycles. The van der Waals surface area contributed by atoms with Gasteiger partial charge in [-0.1, -0.05) is 6.92 Å². The van der Waals surface area contributed by atoms with Gasteiger partial charge in [0.1, 0.15) is 4.21 Å². The van der Waals surface area contributed by atoms with E-state index < -0.39 is 10.0 Å². The van der Waals surface area contributed by atoms with Crippen molar-refractivity contribution >= 4 is 21.4 Å². The molecule has 1 fully saturated rings. The molecule has 0 radical (unpaired) electrons. The zero-order valence-corrected chi connectivity index (χ0v) is 13.6. The van der Waals surface area contributed by atoms with Gasteiger partial charge in [0.25, 0.3) is 10.0 Å². The SMILES string of the molecule is CCNCCc1ccc(S(=O)(=O)N(C)C2CCOC2)s1. The molecule has 1 aromatic heterocycles. The van der Waals surface area contributed by atoms with Crippen molar-refractivity contribution in [3.05, 3.63) is 17.0 Å². The molecular weight excluding hydrogens is 296 g/mol. The highest BCUT2D eigenvalue weighted by molar-refractivity contribution is 7.91. The molecule has 0 saturated carbocycles. The average Bonchev–Trinajstić information content (AvgIpc) is 3.09. The third-order valence-corrected chi connectivity index (χ3v) is 7.01. The van der Waals surface area contributed by atoms with E-state index in [2.05, 4.69) is 12.2 Å². The van der Waals surface area contributed by atoms with E-state index in [-0.39, 0.29) is 6.04 Å². The van der Waals surface area contributed by atoms with Crippen LogP contribution < -0.4 is 5.32 Å². The van der Waals surface area contributed by atoms with Gasteiger partial charge in [0, 0.05) is 18.5 Å². The second-order valence-electron chi connectivity index (χ2n) is 4.86. The van der Waals surface area contributed by atoms with Gasteiger partial charge < -0.3 is 10.1 Å².